The molecule has 2 heterocycles. The van der Waals surface area contributed by atoms with Crippen molar-refractivity contribution in [3.8, 4) is 5.75 Å². The maximum absolute atomic E-state index is 12.8. The molecular weight excluding hydrogens is 346 g/mol. The van der Waals surface area contributed by atoms with E-state index in [4.69, 9.17) is 4.74 Å². The molecule has 1 spiro atoms. The number of nitrogens with zero attached hydrogens (tertiary/aromatic N) is 2. The summed E-state index contributed by atoms with van der Waals surface area (Å²) < 4.78 is 5.60. The highest BCUT2D eigenvalue weighted by Crippen LogP contribution is 2.31. The van der Waals surface area contributed by atoms with E-state index in [1.807, 2.05) is 27.7 Å². The van der Waals surface area contributed by atoms with Crippen LogP contribution in [0.2, 0.25) is 0 Å². The maximum Gasteiger partial charge on any atom is 0.325 e. The molecule has 1 aromatic rings. The maximum atomic E-state index is 12.8. The number of likely N-dealkylation sites (tertiary alicyclic amines) is 1. The van der Waals surface area contributed by atoms with Crippen LogP contribution in [0.25, 0.3) is 0 Å². The van der Waals surface area contributed by atoms with Crippen LogP contribution < -0.4 is 10.1 Å². The smallest absolute Gasteiger partial charge is 0.325 e. The summed E-state index contributed by atoms with van der Waals surface area (Å²) in [7, 11) is 0. The molecule has 146 valence electrons. The predicted octanol–water partition coefficient (Wildman–Crippen LogP) is 2.41. The lowest BCUT2D eigenvalue weighted by Gasteiger charge is -2.37. The van der Waals surface area contributed by atoms with Crippen molar-refractivity contribution in [3.63, 3.8) is 0 Å². The number of imide groups is 1. The molecule has 27 heavy (non-hydrogen) atoms. The largest absolute Gasteiger partial charge is 0.491 e. The average Bonchev–Trinajstić information content (AvgIpc) is 2.85. The van der Waals surface area contributed by atoms with Crippen LogP contribution in [0.5, 0.6) is 5.75 Å². The lowest BCUT2D eigenvalue weighted by molar-refractivity contribution is -0.133. The zero-order valence-electron chi connectivity index (χ0n) is 16.3. The Morgan fingerprint density at radius 1 is 1.07 bits per heavy atom. The van der Waals surface area contributed by atoms with Crippen LogP contribution in [0.15, 0.2) is 24.3 Å². The van der Waals surface area contributed by atoms with Gasteiger partial charge in [-0.15, -0.1) is 0 Å². The van der Waals surface area contributed by atoms with Crippen LogP contribution in [-0.4, -0.2) is 58.4 Å². The SMILES string of the molecule is CC(C)Oc1ccc(C(=O)N2CCC3(CC2)NC(=O)N(C(C)C)C3=O)cc1. The normalized spacial score (nSPS) is 19.2. The van der Waals surface area contributed by atoms with Crippen molar-refractivity contribution in [1.29, 1.82) is 0 Å². The molecule has 0 atom stereocenters. The first-order valence-electron chi connectivity index (χ1n) is 9.45. The van der Waals surface area contributed by atoms with Gasteiger partial charge in [0.25, 0.3) is 11.8 Å². The molecule has 2 aliphatic rings. The van der Waals surface area contributed by atoms with Gasteiger partial charge in [0, 0.05) is 24.7 Å². The molecule has 2 fully saturated rings. The van der Waals surface area contributed by atoms with Gasteiger partial charge < -0.3 is 15.0 Å². The average molecular weight is 373 g/mol. The van der Waals surface area contributed by atoms with Gasteiger partial charge >= 0.3 is 6.03 Å². The van der Waals surface area contributed by atoms with Crippen LogP contribution in [0.3, 0.4) is 0 Å². The molecule has 7 heteroatoms. The molecule has 0 aliphatic carbocycles. The van der Waals surface area contributed by atoms with E-state index in [1.54, 1.807) is 29.2 Å². The molecule has 0 aromatic heterocycles. The number of nitrogens with one attached hydrogen (secondary N) is 1. The molecular formula is C20H27N3O4. The van der Waals surface area contributed by atoms with E-state index in [9.17, 15) is 14.4 Å². The van der Waals surface area contributed by atoms with Crippen LogP contribution >= 0.6 is 0 Å². The standard InChI is InChI=1S/C20H27N3O4/c1-13(2)23-18(25)20(21-19(23)26)9-11-22(12-10-20)17(24)15-5-7-16(8-6-15)27-14(3)4/h5-8,13-14H,9-12H2,1-4H3,(H,21,26). The number of piperidine rings is 1. The molecule has 0 bridgehead atoms. The van der Waals surface area contributed by atoms with Gasteiger partial charge in [0.15, 0.2) is 0 Å². The highest BCUT2D eigenvalue weighted by atomic mass is 16.5. The zero-order valence-corrected chi connectivity index (χ0v) is 16.3. The highest BCUT2D eigenvalue weighted by Gasteiger charge is 2.53. The lowest BCUT2D eigenvalue weighted by Crippen LogP contribution is -2.56. The van der Waals surface area contributed by atoms with Crippen molar-refractivity contribution in [2.45, 2.75) is 58.2 Å². The van der Waals surface area contributed by atoms with Crippen molar-refractivity contribution in [2.24, 2.45) is 0 Å². The topological polar surface area (TPSA) is 79.0 Å². The minimum absolute atomic E-state index is 0.0709. The van der Waals surface area contributed by atoms with E-state index in [0.29, 0.717) is 31.5 Å². The molecule has 2 saturated heterocycles. The van der Waals surface area contributed by atoms with E-state index in [2.05, 4.69) is 5.32 Å². The fourth-order valence-electron chi connectivity index (χ4n) is 3.67. The van der Waals surface area contributed by atoms with E-state index >= 15 is 0 Å². The first-order valence-corrected chi connectivity index (χ1v) is 9.45. The Balaban J connectivity index is 1.65. The summed E-state index contributed by atoms with van der Waals surface area (Å²) in [5.41, 5.74) is -0.278. The molecule has 1 aromatic carbocycles. The summed E-state index contributed by atoms with van der Waals surface area (Å²) in [5, 5.41) is 2.86. The number of hydrogen-bond acceptors (Lipinski definition) is 4. The fraction of sp³-hybridized carbons (Fsp3) is 0.550. The second kappa shape index (κ2) is 7.21. The Kier molecular flexibility index (Phi) is 5.13. The number of ether oxygens (including phenoxy) is 1. The van der Waals surface area contributed by atoms with Gasteiger partial charge in [-0.05, 0) is 64.8 Å². The third kappa shape index (κ3) is 3.63. The van der Waals surface area contributed by atoms with Gasteiger partial charge in [0.05, 0.1) is 6.10 Å². The summed E-state index contributed by atoms with van der Waals surface area (Å²) >= 11 is 0. The van der Waals surface area contributed by atoms with E-state index in [1.165, 1.54) is 4.90 Å². The fourth-order valence-corrected chi connectivity index (χ4v) is 3.67. The Labute approximate surface area is 159 Å². The van der Waals surface area contributed by atoms with Gasteiger partial charge in [0.1, 0.15) is 11.3 Å². The van der Waals surface area contributed by atoms with Crippen molar-refractivity contribution in [2.75, 3.05) is 13.1 Å². The minimum atomic E-state index is -0.868. The lowest BCUT2D eigenvalue weighted by atomic mass is 9.87. The number of benzene rings is 1. The minimum Gasteiger partial charge on any atom is -0.491 e. The first kappa shape index (κ1) is 19.2. The molecule has 2 aliphatic heterocycles. The number of carbonyl (C=O) groups excluding carboxylic acids is 3. The molecule has 0 saturated carbocycles. The second-order valence-electron chi connectivity index (χ2n) is 7.76. The summed E-state index contributed by atoms with van der Waals surface area (Å²) in [4.78, 5) is 40.7. The van der Waals surface area contributed by atoms with Crippen LogP contribution in [-0.2, 0) is 4.79 Å². The molecule has 0 radical (unpaired) electrons. The second-order valence-corrected chi connectivity index (χ2v) is 7.76. The first-order chi connectivity index (χ1) is 12.7. The number of amides is 4. The number of urea groups is 1. The van der Waals surface area contributed by atoms with Crippen LogP contribution in [0.4, 0.5) is 4.79 Å². The number of hydrogen-bond donors (Lipinski definition) is 1. The van der Waals surface area contributed by atoms with Gasteiger partial charge in [-0.3, -0.25) is 14.5 Å². The summed E-state index contributed by atoms with van der Waals surface area (Å²) in [5.74, 6) is 0.482. The van der Waals surface area contributed by atoms with Gasteiger partial charge in [-0.2, -0.15) is 0 Å². The number of carbonyl (C=O) groups is 3. The Hall–Kier alpha value is -2.57. The number of rotatable bonds is 4. The Morgan fingerprint density at radius 3 is 2.15 bits per heavy atom. The van der Waals surface area contributed by atoms with Crippen LogP contribution in [0.1, 0.15) is 50.9 Å². The van der Waals surface area contributed by atoms with Crippen LogP contribution in [0, 0.1) is 0 Å². The van der Waals surface area contributed by atoms with Gasteiger partial charge in [0.2, 0.25) is 0 Å². The monoisotopic (exact) mass is 373 g/mol. The van der Waals surface area contributed by atoms with E-state index in [-0.39, 0.29) is 30.0 Å². The Morgan fingerprint density at radius 2 is 1.67 bits per heavy atom. The summed E-state index contributed by atoms with van der Waals surface area (Å²) in [6.07, 6.45) is 0.941. The van der Waals surface area contributed by atoms with Crippen molar-refractivity contribution < 1.29 is 19.1 Å². The molecule has 7 nitrogen and oxygen atoms in total. The molecule has 3 rings (SSSR count). The van der Waals surface area contributed by atoms with E-state index in [0.717, 1.165) is 5.75 Å². The summed E-state index contributed by atoms with van der Waals surface area (Å²) in [6, 6.07) is 6.58. The van der Waals surface area contributed by atoms with Crippen molar-refractivity contribution >= 4 is 17.8 Å². The van der Waals surface area contributed by atoms with Gasteiger partial charge in [-0.1, -0.05) is 0 Å². The highest BCUT2D eigenvalue weighted by molar-refractivity contribution is 6.07. The molecule has 4 amide bonds. The Bertz CT molecular complexity index is 734. The predicted molar refractivity (Wildman–Crippen MR) is 101 cm³/mol. The van der Waals surface area contributed by atoms with E-state index < -0.39 is 5.54 Å². The quantitative estimate of drug-likeness (QED) is 0.822. The molecule has 0 unspecified atom stereocenters. The third-order valence-electron chi connectivity index (χ3n) is 5.09. The van der Waals surface area contributed by atoms with Crippen molar-refractivity contribution in [1.82, 2.24) is 15.1 Å². The van der Waals surface area contributed by atoms with Gasteiger partial charge in [-0.25, -0.2) is 4.79 Å². The van der Waals surface area contributed by atoms with Crippen molar-refractivity contribution in [3.05, 3.63) is 29.8 Å². The summed E-state index contributed by atoms with van der Waals surface area (Å²) in [6.45, 7) is 8.41. The third-order valence-corrected chi connectivity index (χ3v) is 5.09. The molecule has 1 N–H and O–H groups in total. The zero-order chi connectivity index (χ0) is 19.8.